The van der Waals surface area contributed by atoms with Crippen LogP contribution in [0.25, 0.3) is 22.3 Å². The Morgan fingerprint density at radius 1 is 0.758 bits per heavy atom. The van der Waals surface area contributed by atoms with Crippen molar-refractivity contribution in [1.29, 1.82) is 0 Å². The fourth-order valence-corrected chi connectivity index (χ4v) is 3.77. The third-order valence-corrected chi connectivity index (χ3v) is 5.33. The summed E-state index contributed by atoms with van der Waals surface area (Å²) in [5, 5.41) is 10.8. The van der Waals surface area contributed by atoms with Crippen molar-refractivity contribution in [1.82, 2.24) is 0 Å². The molecule has 3 rings (SSSR count). The van der Waals surface area contributed by atoms with Crippen molar-refractivity contribution in [3.05, 3.63) is 47.0 Å². The Morgan fingerprint density at radius 3 is 1.91 bits per heavy atom. The van der Waals surface area contributed by atoms with E-state index in [1.54, 1.807) is 24.3 Å². The Balaban J connectivity index is 2.40. The van der Waals surface area contributed by atoms with E-state index in [0.717, 1.165) is 5.56 Å². The molecule has 0 bridgehead atoms. The van der Waals surface area contributed by atoms with Gasteiger partial charge in [0.1, 0.15) is 23.0 Å². The van der Waals surface area contributed by atoms with Crippen molar-refractivity contribution in [2.24, 2.45) is 0 Å². The molecule has 3 aromatic carbocycles. The highest BCUT2D eigenvalue weighted by Gasteiger charge is 2.23. The number of aromatic hydroxyl groups is 1. The molecule has 8 heteroatoms. The number of ether oxygens (including phenoxy) is 5. The fourth-order valence-electron chi connectivity index (χ4n) is 3.56. The Kier molecular flexibility index (Phi) is 7.23. The molecule has 1 N–H and O–H groups in total. The number of benzene rings is 3. The zero-order valence-electron chi connectivity index (χ0n) is 19.2. The quantitative estimate of drug-likeness (QED) is 0.351. The lowest BCUT2D eigenvalue weighted by molar-refractivity contribution is -0.131. The molecule has 0 radical (unpaired) electrons. The van der Waals surface area contributed by atoms with Gasteiger partial charge in [0, 0.05) is 41.3 Å². The van der Waals surface area contributed by atoms with E-state index in [0.29, 0.717) is 45.3 Å². The predicted octanol–water partition coefficient (Wildman–Crippen LogP) is 5.65. The van der Waals surface area contributed by atoms with E-state index in [2.05, 4.69) is 0 Å². The molecule has 0 heterocycles. The van der Waals surface area contributed by atoms with Gasteiger partial charge in [-0.2, -0.15) is 0 Å². The number of carbonyl (C=O) groups is 1. The van der Waals surface area contributed by atoms with Crippen LogP contribution >= 0.6 is 11.6 Å². The summed E-state index contributed by atoms with van der Waals surface area (Å²) in [6.07, 6.45) is 0. The van der Waals surface area contributed by atoms with Crippen molar-refractivity contribution < 1.29 is 33.6 Å². The summed E-state index contributed by atoms with van der Waals surface area (Å²) in [5.41, 5.74) is 2.96. The number of esters is 1. The topological polar surface area (TPSA) is 83.5 Å². The van der Waals surface area contributed by atoms with Gasteiger partial charge >= 0.3 is 5.97 Å². The first-order chi connectivity index (χ1) is 15.7. The van der Waals surface area contributed by atoms with Crippen LogP contribution in [-0.2, 0) is 4.79 Å². The van der Waals surface area contributed by atoms with Gasteiger partial charge in [0.25, 0.3) is 0 Å². The Morgan fingerprint density at radius 2 is 1.36 bits per heavy atom. The predicted molar refractivity (Wildman–Crippen MR) is 126 cm³/mol. The Labute approximate surface area is 197 Å². The van der Waals surface area contributed by atoms with Crippen LogP contribution in [0.5, 0.6) is 34.5 Å². The molecule has 0 aromatic heterocycles. The van der Waals surface area contributed by atoms with Gasteiger partial charge in [0.2, 0.25) is 0 Å². The zero-order chi connectivity index (χ0) is 24.3. The first-order valence-corrected chi connectivity index (χ1v) is 10.3. The number of rotatable bonds is 7. The van der Waals surface area contributed by atoms with Crippen LogP contribution in [0.1, 0.15) is 12.5 Å². The lowest BCUT2D eigenvalue weighted by Crippen LogP contribution is -2.05. The maximum Gasteiger partial charge on any atom is 0.308 e. The SMILES string of the molecule is COc1cc(Cl)c(O)c(-c2cc(-c3cc(C)cc(OC)c3OC(C)=O)c(OC)cc2OC)c1. The van der Waals surface area contributed by atoms with Gasteiger partial charge < -0.3 is 28.8 Å². The summed E-state index contributed by atoms with van der Waals surface area (Å²) in [5.74, 6) is 1.38. The fraction of sp³-hybridized carbons (Fsp3) is 0.240. The largest absolute Gasteiger partial charge is 0.506 e. The minimum Gasteiger partial charge on any atom is -0.506 e. The van der Waals surface area contributed by atoms with Gasteiger partial charge in [-0.15, -0.1) is 0 Å². The standard InChI is InChI=1S/C25H25ClO7/c1-13-7-19(25(33-14(2)27)23(8-13)32-6)17-11-16(21(30-4)12-22(17)31-5)18-9-15(29-3)10-20(26)24(18)28/h7-12,28H,1-6H3. The normalized spacial score (nSPS) is 10.5. The maximum absolute atomic E-state index is 11.9. The highest BCUT2D eigenvalue weighted by atomic mass is 35.5. The first-order valence-electron chi connectivity index (χ1n) is 9.94. The molecular formula is C25H25ClO7. The number of phenols is 1. The van der Waals surface area contributed by atoms with E-state index >= 15 is 0 Å². The molecule has 0 saturated carbocycles. The number of aryl methyl sites for hydroxylation is 1. The van der Waals surface area contributed by atoms with Gasteiger partial charge in [-0.3, -0.25) is 4.79 Å². The van der Waals surface area contributed by atoms with E-state index in [9.17, 15) is 9.90 Å². The molecule has 33 heavy (non-hydrogen) atoms. The van der Waals surface area contributed by atoms with E-state index in [-0.39, 0.29) is 16.5 Å². The second-order valence-corrected chi connectivity index (χ2v) is 7.60. The molecule has 0 unspecified atom stereocenters. The lowest BCUT2D eigenvalue weighted by Gasteiger charge is -2.20. The first kappa shape index (κ1) is 24.1. The summed E-state index contributed by atoms with van der Waals surface area (Å²) < 4.78 is 27.5. The van der Waals surface area contributed by atoms with Crippen molar-refractivity contribution in [3.63, 3.8) is 0 Å². The molecule has 174 valence electrons. The average Bonchev–Trinajstić information content (AvgIpc) is 2.80. The van der Waals surface area contributed by atoms with Gasteiger partial charge in [-0.25, -0.2) is 0 Å². The van der Waals surface area contributed by atoms with Gasteiger partial charge in [0.05, 0.1) is 33.5 Å². The number of methoxy groups -OCH3 is 4. The van der Waals surface area contributed by atoms with E-state index < -0.39 is 5.97 Å². The molecule has 0 spiro atoms. The summed E-state index contributed by atoms with van der Waals surface area (Å²) in [7, 11) is 6.04. The number of halogens is 1. The molecule has 0 aliphatic heterocycles. The van der Waals surface area contributed by atoms with Crippen LogP contribution in [0.15, 0.2) is 36.4 Å². The Bertz CT molecular complexity index is 1200. The lowest BCUT2D eigenvalue weighted by atomic mass is 9.94. The summed E-state index contributed by atoms with van der Waals surface area (Å²) in [4.78, 5) is 11.9. The van der Waals surface area contributed by atoms with Gasteiger partial charge in [-0.1, -0.05) is 11.6 Å². The van der Waals surface area contributed by atoms with E-state index in [1.807, 2.05) is 13.0 Å². The van der Waals surface area contributed by atoms with Crippen molar-refractivity contribution in [3.8, 4) is 56.8 Å². The van der Waals surface area contributed by atoms with E-state index in [1.165, 1.54) is 41.4 Å². The minimum absolute atomic E-state index is 0.126. The van der Waals surface area contributed by atoms with Crippen LogP contribution < -0.4 is 23.7 Å². The molecule has 3 aromatic rings. The second kappa shape index (κ2) is 9.92. The molecule has 0 aliphatic rings. The third-order valence-electron chi connectivity index (χ3n) is 5.04. The Hall–Kier alpha value is -3.58. The highest BCUT2D eigenvalue weighted by Crippen LogP contribution is 2.49. The van der Waals surface area contributed by atoms with Gasteiger partial charge in [-0.05, 0) is 36.8 Å². The minimum atomic E-state index is -0.497. The molecule has 0 saturated heterocycles. The molecule has 0 fully saturated rings. The van der Waals surface area contributed by atoms with E-state index in [4.69, 9.17) is 35.3 Å². The van der Waals surface area contributed by atoms with Crippen LogP contribution in [0.2, 0.25) is 5.02 Å². The number of phenolic OH excluding ortho intramolecular Hbond substituents is 1. The van der Waals surface area contributed by atoms with Crippen LogP contribution in [0.4, 0.5) is 0 Å². The molecule has 0 atom stereocenters. The third kappa shape index (κ3) is 4.78. The van der Waals surface area contributed by atoms with Gasteiger partial charge in [0.15, 0.2) is 11.5 Å². The average molecular weight is 473 g/mol. The summed E-state index contributed by atoms with van der Waals surface area (Å²) >= 11 is 6.23. The summed E-state index contributed by atoms with van der Waals surface area (Å²) in [6, 6.07) is 10.2. The van der Waals surface area contributed by atoms with Crippen LogP contribution in [0.3, 0.4) is 0 Å². The second-order valence-electron chi connectivity index (χ2n) is 7.20. The number of hydrogen-bond acceptors (Lipinski definition) is 7. The smallest absolute Gasteiger partial charge is 0.308 e. The van der Waals surface area contributed by atoms with Crippen LogP contribution in [0, 0.1) is 6.92 Å². The molecule has 7 nitrogen and oxygen atoms in total. The molecular weight excluding hydrogens is 448 g/mol. The highest BCUT2D eigenvalue weighted by molar-refractivity contribution is 6.32. The van der Waals surface area contributed by atoms with Crippen LogP contribution in [-0.4, -0.2) is 39.5 Å². The van der Waals surface area contributed by atoms with Crippen molar-refractivity contribution in [2.75, 3.05) is 28.4 Å². The monoisotopic (exact) mass is 472 g/mol. The van der Waals surface area contributed by atoms with Crippen molar-refractivity contribution in [2.45, 2.75) is 13.8 Å². The van der Waals surface area contributed by atoms with Crippen molar-refractivity contribution >= 4 is 17.6 Å². The number of hydrogen-bond donors (Lipinski definition) is 1. The molecule has 0 amide bonds. The molecule has 0 aliphatic carbocycles. The summed E-state index contributed by atoms with van der Waals surface area (Å²) in [6.45, 7) is 3.21. The number of carbonyl (C=O) groups excluding carboxylic acids is 1. The maximum atomic E-state index is 11.9. The zero-order valence-corrected chi connectivity index (χ0v) is 20.0.